The molecule has 6 nitrogen and oxygen atoms in total. The SMILES string of the molecule is CCOc1ccc(C(=O)N/N=C\c2cc(Br)c(OCc3ccc(Cl)cc3)c(OCC)c2)cc1. The molecule has 0 bridgehead atoms. The summed E-state index contributed by atoms with van der Waals surface area (Å²) in [7, 11) is 0. The number of nitrogens with zero attached hydrogens (tertiary/aromatic N) is 1. The van der Waals surface area contributed by atoms with E-state index < -0.39 is 0 Å². The lowest BCUT2D eigenvalue weighted by atomic mass is 10.2. The highest BCUT2D eigenvalue weighted by atomic mass is 79.9. The van der Waals surface area contributed by atoms with Crippen molar-refractivity contribution < 1.29 is 19.0 Å². The lowest BCUT2D eigenvalue weighted by Crippen LogP contribution is -2.17. The Kier molecular flexibility index (Phi) is 9.15. The first-order valence-corrected chi connectivity index (χ1v) is 11.6. The zero-order valence-electron chi connectivity index (χ0n) is 18.3. The van der Waals surface area contributed by atoms with Gasteiger partial charge in [-0.1, -0.05) is 23.7 Å². The van der Waals surface area contributed by atoms with Crippen LogP contribution in [0.4, 0.5) is 0 Å². The maximum atomic E-state index is 12.3. The number of carbonyl (C=O) groups excluding carboxylic acids is 1. The molecule has 33 heavy (non-hydrogen) atoms. The summed E-state index contributed by atoms with van der Waals surface area (Å²) in [5, 5.41) is 4.74. The summed E-state index contributed by atoms with van der Waals surface area (Å²) < 4.78 is 17.8. The van der Waals surface area contributed by atoms with Crippen molar-refractivity contribution in [3.05, 3.63) is 86.8 Å². The van der Waals surface area contributed by atoms with Crippen LogP contribution in [0, 0.1) is 0 Å². The Morgan fingerprint density at radius 1 is 1.00 bits per heavy atom. The second kappa shape index (κ2) is 12.3. The number of halogens is 2. The minimum absolute atomic E-state index is 0.318. The number of carbonyl (C=O) groups is 1. The van der Waals surface area contributed by atoms with Crippen molar-refractivity contribution in [1.29, 1.82) is 0 Å². The largest absolute Gasteiger partial charge is 0.494 e. The number of ether oxygens (including phenoxy) is 3. The second-order valence-corrected chi connectivity index (χ2v) is 8.13. The summed E-state index contributed by atoms with van der Waals surface area (Å²) in [4.78, 5) is 12.3. The summed E-state index contributed by atoms with van der Waals surface area (Å²) in [6.07, 6.45) is 1.54. The third-order valence-corrected chi connectivity index (χ3v) is 5.28. The van der Waals surface area contributed by atoms with Gasteiger partial charge in [0, 0.05) is 10.6 Å². The molecular formula is C25H24BrClN2O4. The van der Waals surface area contributed by atoms with E-state index >= 15 is 0 Å². The first-order valence-electron chi connectivity index (χ1n) is 10.4. The van der Waals surface area contributed by atoms with Crippen LogP contribution in [0.15, 0.2) is 70.2 Å². The molecule has 0 aliphatic heterocycles. The highest BCUT2D eigenvalue weighted by Gasteiger charge is 2.12. The fourth-order valence-corrected chi connectivity index (χ4v) is 3.60. The van der Waals surface area contributed by atoms with E-state index in [1.165, 1.54) is 0 Å². The normalized spacial score (nSPS) is 10.8. The molecular weight excluding hydrogens is 508 g/mol. The highest BCUT2D eigenvalue weighted by molar-refractivity contribution is 9.10. The van der Waals surface area contributed by atoms with Gasteiger partial charge in [0.1, 0.15) is 12.4 Å². The minimum Gasteiger partial charge on any atom is -0.494 e. The lowest BCUT2D eigenvalue weighted by molar-refractivity contribution is 0.0955. The molecule has 0 fully saturated rings. The smallest absolute Gasteiger partial charge is 0.271 e. The topological polar surface area (TPSA) is 69.2 Å². The molecule has 3 rings (SSSR count). The molecule has 172 valence electrons. The number of amides is 1. The summed E-state index contributed by atoms with van der Waals surface area (Å²) in [5.74, 6) is 1.55. The zero-order chi connectivity index (χ0) is 23.6. The first kappa shape index (κ1) is 24.6. The third kappa shape index (κ3) is 7.23. The lowest BCUT2D eigenvalue weighted by Gasteiger charge is -2.14. The van der Waals surface area contributed by atoms with Crippen molar-refractivity contribution in [2.75, 3.05) is 13.2 Å². The fourth-order valence-electron chi connectivity index (χ4n) is 2.90. The van der Waals surface area contributed by atoms with Gasteiger partial charge in [-0.2, -0.15) is 5.10 Å². The van der Waals surface area contributed by atoms with E-state index in [2.05, 4.69) is 26.5 Å². The van der Waals surface area contributed by atoms with Crippen LogP contribution in [0.25, 0.3) is 0 Å². The molecule has 0 heterocycles. The van der Waals surface area contributed by atoms with E-state index in [1.54, 1.807) is 36.5 Å². The second-order valence-electron chi connectivity index (χ2n) is 6.83. The standard InChI is InChI=1S/C25H24BrClN2O4/c1-3-31-21-11-7-19(8-12-21)25(30)29-28-15-18-13-22(26)24(23(14-18)32-4-2)33-16-17-5-9-20(27)10-6-17/h5-15H,3-4,16H2,1-2H3,(H,29,30)/b28-15-. The molecule has 8 heteroatoms. The van der Waals surface area contributed by atoms with E-state index in [9.17, 15) is 4.79 Å². The van der Waals surface area contributed by atoms with Gasteiger partial charge >= 0.3 is 0 Å². The molecule has 0 atom stereocenters. The van der Waals surface area contributed by atoms with E-state index in [-0.39, 0.29) is 5.91 Å². The van der Waals surface area contributed by atoms with Crippen molar-refractivity contribution >= 4 is 39.7 Å². The Hall–Kier alpha value is -3.03. The van der Waals surface area contributed by atoms with Gasteiger partial charge in [0.25, 0.3) is 5.91 Å². The number of hydrazone groups is 1. The fraction of sp³-hybridized carbons (Fsp3) is 0.200. The van der Waals surface area contributed by atoms with Gasteiger partial charge in [-0.15, -0.1) is 0 Å². The Morgan fingerprint density at radius 2 is 1.70 bits per heavy atom. The molecule has 0 aromatic heterocycles. The molecule has 0 aliphatic rings. The zero-order valence-corrected chi connectivity index (χ0v) is 20.7. The van der Waals surface area contributed by atoms with Gasteiger partial charge in [0.15, 0.2) is 11.5 Å². The van der Waals surface area contributed by atoms with Crippen LogP contribution in [-0.2, 0) is 6.61 Å². The maximum absolute atomic E-state index is 12.3. The Morgan fingerprint density at radius 3 is 2.36 bits per heavy atom. The molecule has 0 unspecified atom stereocenters. The highest BCUT2D eigenvalue weighted by Crippen LogP contribution is 2.37. The summed E-state index contributed by atoms with van der Waals surface area (Å²) in [5.41, 5.74) is 4.73. The van der Waals surface area contributed by atoms with Crippen LogP contribution >= 0.6 is 27.5 Å². The van der Waals surface area contributed by atoms with Crippen molar-refractivity contribution in [1.82, 2.24) is 5.43 Å². The van der Waals surface area contributed by atoms with E-state index in [0.29, 0.717) is 52.1 Å². The van der Waals surface area contributed by atoms with Gasteiger partial charge < -0.3 is 14.2 Å². The molecule has 3 aromatic carbocycles. The van der Waals surface area contributed by atoms with Gasteiger partial charge in [0.2, 0.25) is 0 Å². The predicted molar refractivity (Wildman–Crippen MR) is 134 cm³/mol. The number of hydrogen-bond donors (Lipinski definition) is 1. The molecule has 1 amide bonds. The molecule has 3 aromatic rings. The first-order chi connectivity index (χ1) is 16.0. The number of rotatable bonds is 10. The molecule has 0 aliphatic carbocycles. The number of nitrogens with one attached hydrogen (secondary N) is 1. The molecule has 0 saturated heterocycles. The van der Waals surface area contributed by atoms with Gasteiger partial charge in [0.05, 0.1) is 23.9 Å². The van der Waals surface area contributed by atoms with Gasteiger partial charge in [-0.05, 0) is 89.4 Å². The van der Waals surface area contributed by atoms with Crippen molar-refractivity contribution in [2.24, 2.45) is 5.10 Å². The van der Waals surface area contributed by atoms with E-state index in [1.807, 2.05) is 44.2 Å². The van der Waals surface area contributed by atoms with Crippen LogP contribution in [0.2, 0.25) is 5.02 Å². The Bertz CT molecular complexity index is 1100. The molecule has 1 N–H and O–H groups in total. The van der Waals surface area contributed by atoms with Crippen molar-refractivity contribution in [3.63, 3.8) is 0 Å². The quantitative estimate of drug-likeness (QED) is 0.248. The minimum atomic E-state index is -0.318. The van der Waals surface area contributed by atoms with E-state index in [4.69, 9.17) is 25.8 Å². The van der Waals surface area contributed by atoms with Crippen LogP contribution in [0.1, 0.15) is 35.3 Å². The molecule has 0 radical (unpaired) electrons. The average Bonchev–Trinajstić information content (AvgIpc) is 2.80. The maximum Gasteiger partial charge on any atom is 0.271 e. The summed E-state index contributed by atoms with van der Waals surface area (Å²) in [6, 6.07) is 18.0. The predicted octanol–water partition coefficient (Wildman–Crippen LogP) is 6.24. The number of hydrogen-bond acceptors (Lipinski definition) is 5. The Labute approximate surface area is 206 Å². The average molecular weight is 532 g/mol. The van der Waals surface area contributed by atoms with Crippen LogP contribution in [0.5, 0.6) is 17.2 Å². The third-order valence-electron chi connectivity index (χ3n) is 4.44. The summed E-state index contributed by atoms with van der Waals surface area (Å²) >= 11 is 9.48. The molecule has 0 spiro atoms. The Balaban J connectivity index is 1.67. The van der Waals surface area contributed by atoms with Crippen molar-refractivity contribution in [2.45, 2.75) is 20.5 Å². The van der Waals surface area contributed by atoms with Crippen LogP contribution in [-0.4, -0.2) is 25.3 Å². The monoisotopic (exact) mass is 530 g/mol. The van der Waals surface area contributed by atoms with Gasteiger partial charge in [-0.25, -0.2) is 5.43 Å². The number of benzene rings is 3. The van der Waals surface area contributed by atoms with Gasteiger partial charge in [-0.3, -0.25) is 4.79 Å². The molecule has 0 saturated carbocycles. The van der Waals surface area contributed by atoms with Crippen LogP contribution in [0.3, 0.4) is 0 Å². The van der Waals surface area contributed by atoms with E-state index in [0.717, 1.165) is 11.1 Å². The summed E-state index contributed by atoms with van der Waals surface area (Å²) in [6.45, 7) is 5.21. The van der Waals surface area contributed by atoms with Crippen LogP contribution < -0.4 is 19.6 Å². The van der Waals surface area contributed by atoms with Crippen molar-refractivity contribution in [3.8, 4) is 17.2 Å².